The summed E-state index contributed by atoms with van der Waals surface area (Å²) in [6, 6.07) is 7.73. The lowest BCUT2D eigenvalue weighted by Crippen LogP contribution is -2.25. The van der Waals surface area contributed by atoms with Gasteiger partial charge in [-0.15, -0.1) is 0 Å². The normalized spacial score (nSPS) is 14.6. The van der Waals surface area contributed by atoms with Crippen molar-refractivity contribution in [1.29, 1.82) is 0 Å². The fourth-order valence-electron chi connectivity index (χ4n) is 1.28. The molecule has 4 nitrogen and oxygen atoms in total. The number of hydrogen-bond donors (Lipinski definition) is 0. The first kappa shape index (κ1) is 12.1. The van der Waals surface area contributed by atoms with Gasteiger partial charge in [0.25, 0.3) is 0 Å². The second-order valence-corrected chi connectivity index (χ2v) is 6.67. The first-order valence-electron chi connectivity index (χ1n) is 5.37. The van der Waals surface area contributed by atoms with E-state index in [0.717, 1.165) is 5.52 Å². The maximum Gasteiger partial charge on any atom is 0.144 e. The molecule has 0 unspecified atom stereocenters. The summed E-state index contributed by atoms with van der Waals surface area (Å²) in [6.07, 6.45) is 3.43. The summed E-state index contributed by atoms with van der Waals surface area (Å²) >= 11 is -1.24. The number of fused-ring (bicyclic) bond motifs is 1. The highest BCUT2D eigenvalue weighted by Crippen LogP contribution is 2.16. The highest BCUT2D eigenvalue weighted by molar-refractivity contribution is 7.91. The van der Waals surface area contributed by atoms with Crippen molar-refractivity contribution in [2.75, 3.05) is 0 Å². The van der Waals surface area contributed by atoms with Crippen LogP contribution in [-0.4, -0.2) is 25.1 Å². The zero-order chi connectivity index (χ0) is 12.5. The van der Waals surface area contributed by atoms with Gasteiger partial charge in [0, 0.05) is 6.20 Å². The van der Waals surface area contributed by atoms with E-state index in [-0.39, 0.29) is 4.75 Å². The SMILES string of the molecule is CC(C)(C)[S@@+]([O-])N=Cc1cc2ccccn2n1. The molecule has 0 radical (unpaired) electrons. The zero-order valence-electron chi connectivity index (χ0n) is 10.1. The molecule has 0 saturated heterocycles. The fourth-order valence-corrected chi connectivity index (χ4v) is 1.80. The molecule has 0 saturated carbocycles. The number of aromatic nitrogens is 2. The van der Waals surface area contributed by atoms with E-state index in [1.54, 1.807) is 10.7 Å². The van der Waals surface area contributed by atoms with E-state index in [4.69, 9.17) is 0 Å². The molecule has 5 heteroatoms. The van der Waals surface area contributed by atoms with Crippen LogP contribution in [0.5, 0.6) is 0 Å². The highest BCUT2D eigenvalue weighted by atomic mass is 32.2. The van der Waals surface area contributed by atoms with Crippen LogP contribution in [0.1, 0.15) is 26.5 Å². The monoisotopic (exact) mass is 249 g/mol. The predicted octanol–water partition coefficient (Wildman–Crippen LogP) is 2.22. The topological polar surface area (TPSA) is 52.7 Å². The van der Waals surface area contributed by atoms with E-state index >= 15 is 0 Å². The minimum atomic E-state index is -1.24. The molecule has 17 heavy (non-hydrogen) atoms. The molecule has 2 heterocycles. The van der Waals surface area contributed by atoms with Crippen molar-refractivity contribution in [3.05, 3.63) is 36.2 Å². The Morgan fingerprint density at radius 3 is 2.82 bits per heavy atom. The average molecular weight is 249 g/mol. The van der Waals surface area contributed by atoms with Crippen LogP contribution >= 0.6 is 0 Å². The molecular formula is C12H15N3OS. The number of nitrogens with zero attached hydrogens (tertiary/aromatic N) is 3. The Kier molecular flexibility index (Phi) is 3.22. The second-order valence-electron chi connectivity index (χ2n) is 4.74. The first-order valence-corrected chi connectivity index (χ1v) is 6.48. The van der Waals surface area contributed by atoms with E-state index in [9.17, 15) is 4.55 Å². The molecule has 0 aliphatic carbocycles. The van der Waals surface area contributed by atoms with Crippen molar-refractivity contribution >= 4 is 23.1 Å². The summed E-state index contributed by atoms with van der Waals surface area (Å²) < 4.78 is 17.2. The quantitative estimate of drug-likeness (QED) is 0.605. The standard InChI is InChI=1S/C12H15N3OS/c1-12(2,3)17(16)13-9-10-8-11-6-4-5-7-15(11)14-10/h4-9H,1-3H3/t17-/m1/s1. The van der Waals surface area contributed by atoms with Gasteiger partial charge in [-0.05, 0) is 39.0 Å². The van der Waals surface area contributed by atoms with Crippen LogP contribution in [0, 0.1) is 0 Å². The molecular weight excluding hydrogens is 234 g/mol. The Labute approximate surface area is 104 Å². The predicted molar refractivity (Wildman–Crippen MR) is 70.7 cm³/mol. The highest BCUT2D eigenvalue weighted by Gasteiger charge is 2.25. The van der Waals surface area contributed by atoms with Crippen molar-refractivity contribution in [2.24, 2.45) is 4.40 Å². The summed E-state index contributed by atoms with van der Waals surface area (Å²) in [4.78, 5) is 0. The van der Waals surface area contributed by atoms with Gasteiger partial charge in [-0.2, -0.15) is 5.10 Å². The minimum Gasteiger partial charge on any atom is -0.591 e. The van der Waals surface area contributed by atoms with Crippen LogP contribution in [-0.2, 0) is 11.4 Å². The van der Waals surface area contributed by atoms with Gasteiger partial charge in [0.05, 0.1) is 5.52 Å². The maximum atomic E-state index is 11.7. The van der Waals surface area contributed by atoms with Gasteiger partial charge in [0.15, 0.2) is 0 Å². The van der Waals surface area contributed by atoms with Crippen LogP contribution in [0.2, 0.25) is 0 Å². The lowest BCUT2D eigenvalue weighted by atomic mass is 10.3. The smallest absolute Gasteiger partial charge is 0.144 e. The van der Waals surface area contributed by atoms with Gasteiger partial charge >= 0.3 is 0 Å². The van der Waals surface area contributed by atoms with Crippen molar-refractivity contribution < 1.29 is 4.55 Å². The van der Waals surface area contributed by atoms with Crippen molar-refractivity contribution in [3.63, 3.8) is 0 Å². The van der Waals surface area contributed by atoms with Crippen LogP contribution < -0.4 is 0 Å². The molecule has 1 atom stereocenters. The molecule has 2 rings (SSSR count). The van der Waals surface area contributed by atoms with Gasteiger partial charge in [0.1, 0.15) is 28.0 Å². The van der Waals surface area contributed by atoms with Gasteiger partial charge in [-0.1, -0.05) is 10.5 Å². The van der Waals surface area contributed by atoms with Crippen LogP contribution in [0.25, 0.3) is 5.52 Å². The second kappa shape index (κ2) is 4.50. The largest absolute Gasteiger partial charge is 0.591 e. The van der Waals surface area contributed by atoms with Crippen molar-refractivity contribution in [2.45, 2.75) is 25.5 Å². The molecule has 0 bridgehead atoms. The summed E-state index contributed by atoms with van der Waals surface area (Å²) in [6.45, 7) is 5.68. The Balaban J connectivity index is 2.21. The molecule has 90 valence electrons. The lowest BCUT2D eigenvalue weighted by molar-refractivity contribution is 0.562. The lowest BCUT2D eigenvalue weighted by Gasteiger charge is -2.17. The van der Waals surface area contributed by atoms with Gasteiger partial charge in [-0.25, -0.2) is 4.52 Å². The molecule has 0 aromatic carbocycles. The molecule has 0 aliphatic rings. The van der Waals surface area contributed by atoms with Crippen LogP contribution in [0.3, 0.4) is 0 Å². The van der Waals surface area contributed by atoms with E-state index in [0.29, 0.717) is 5.69 Å². The Hall–Kier alpha value is -1.33. The Bertz CT molecular complexity index is 509. The summed E-state index contributed by atoms with van der Waals surface area (Å²) in [5.41, 5.74) is 1.71. The minimum absolute atomic E-state index is 0.338. The zero-order valence-corrected chi connectivity index (χ0v) is 10.9. The van der Waals surface area contributed by atoms with Gasteiger partial charge < -0.3 is 4.55 Å². The van der Waals surface area contributed by atoms with Crippen LogP contribution in [0.4, 0.5) is 0 Å². The number of rotatable bonds is 2. The van der Waals surface area contributed by atoms with Crippen molar-refractivity contribution in [1.82, 2.24) is 9.61 Å². The Morgan fingerprint density at radius 2 is 2.18 bits per heavy atom. The van der Waals surface area contributed by atoms with Gasteiger partial charge in [-0.3, -0.25) is 0 Å². The molecule has 2 aromatic heterocycles. The van der Waals surface area contributed by atoms with E-state index < -0.39 is 11.4 Å². The molecule has 2 aromatic rings. The third-order valence-corrected chi connectivity index (χ3v) is 3.54. The summed E-state index contributed by atoms with van der Waals surface area (Å²) in [5, 5.41) is 4.30. The fraction of sp³-hybridized carbons (Fsp3) is 0.333. The maximum absolute atomic E-state index is 11.7. The first-order chi connectivity index (χ1) is 7.97. The summed E-state index contributed by atoms with van der Waals surface area (Å²) in [5.74, 6) is 0. The number of pyridine rings is 1. The van der Waals surface area contributed by atoms with E-state index in [2.05, 4.69) is 9.50 Å². The average Bonchev–Trinajstić information content (AvgIpc) is 2.66. The third kappa shape index (κ3) is 2.87. The molecule has 0 aliphatic heterocycles. The molecule has 0 spiro atoms. The number of hydrogen-bond acceptors (Lipinski definition) is 3. The van der Waals surface area contributed by atoms with Crippen LogP contribution in [0.15, 0.2) is 34.9 Å². The van der Waals surface area contributed by atoms with E-state index in [1.165, 1.54) is 0 Å². The molecule has 0 N–H and O–H groups in total. The van der Waals surface area contributed by atoms with Gasteiger partial charge in [0.2, 0.25) is 0 Å². The third-order valence-electron chi connectivity index (χ3n) is 2.19. The van der Waals surface area contributed by atoms with Crippen molar-refractivity contribution in [3.8, 4) is 0 Å². The molecule has 0 amide bonds. The van der Waals surface area contributed by atoms with E-state index in [1.807, 2.05) is 51.2 Å². The molecule has 0 fully saturated rings. The Morgan fingerprint density at radius 1 is 1.41 bits per heavy atom. The summed E-state index contributed by atoms with van der Waals surface area (Å²) in [7, 11) is 0.